The number of rotatable bonds is 3. The second kappa shape index (κ2) is 6.22. The number of anilines is 2. The zero-order valence-electron chi connectivity index (χ0n) is 13.6. The number of hydrogen-bond donors (Lipinski definition) is 1. The molecule has 1 aliphatic rings. The summed E-state index contributed by atoms with van der Waals surface area (Å²) in [4.78, 5) is 19.1. The normalized spacial score (nSPS) is 16.0. The van der Waals surface area contributed by atoms with Gasteiger partial charge in [-0.1, -0.05) is 35.9 Å². The topological polar surface area (TPSA) is 45.2 Å². The van der Waals surface area contributed by atoms with Crippen molar-refractivity contribution in [3.8, 4) is 0 Å². The van der Waals surface area contributed by atoms with E-state index in [1.165, 1.54) is 0 Å². The third kappa shape index (κ3) is 2.75. The Labute approximate surface area is 151 Å². The first-order valence-electron chi connectivity index (χ1n) is 8.01. The summed E-state index contributed by atoms with van der Waals surface area (Å²) in [6.45, 7) is 1.96. The Balaban J connectivity index is 1.78. The summed E-state index contributed by atoms with van der Waals surface area (Å²) < 4.78 is 0. The van der Waals surface area contributed by atoms with Crippen LogP contribution in [0.25, 0.3) is 0 Å². The average Bonchev–Trinajstić information content (AvgIpc) is 2.91. The van der Waals surface area contributed by atoms with Gasteiger partial charge in [0.2, 0.25) is 0 Å². The van der Waals surface area contributed by atoms with Gasteiger partial charge in [0.05, 0.1) is 11.3 Å². The molecule has 25 heavy (non-hydrogen) atoms. The molecular formula is C20H16ClN3O. The molecule has 0 unspecified atom stereocenters. The van der Waals surface area contributed by atoms with Gasteiger partial charge >= 0.3 is 0 Å². The maximum atomic E-state index is 12.9. The lowest BCUT2D eigenvalue weighted by Crippen LogP contribution is -2.32. The number of aryl methyl sites for hydroxylation is 1. The smallest absolute Gasteiger partial charge is 0.262 e. The van der Waals surface area contributed by atoms with Crippen molar-refractivity contribution >= 4 is 28.9 Å². The maximum Gasteiger partial charge on any atom is 0.262 e. The van der Waals surface area contributed by atoms with E-state index in [1.54, 1.807) is 17.2 Å². The molecule has 0 aliphatic carbocycles. The summed E-state index contributed by atoms with van der Waals surface area (Å²) >= 11 is 6.25. The van der Waals surface area contributed by atoms with E-state index in [9.17, 15) is 4.79 Å². The first kappa shape index (κ1) is 15.7. The zero-order chi connectivity index (χ0) is 17.4. The average molecular weight is 350 g/mol. The molecule has 0 radical (unpaired) electrons. The van der Waals surface area contributed by atoms with Gasteiger partial charge in [-0.2, -0.15) is 0 Å². The van der Waals surface area contributed by atoms with Crippen LogP contribution in [-0.2, 0) is 0 Å². The minimum absolute atomic E-state index is 0.0648. The predicted molar refractivity (Wildman–Crippen MR) is 100 cm³/mol. The Morgan fingerprint density at radius 2 is 1.88 bits per heavy atom. The second-order valence-electron chi connectivity index (χ2n) is 5.96. The minimum atomic E-state index is -0.384. The zero-order valence-corrected chi connectivity index (χ0v) is 14.4. The van der Waals surface area contributed by atoms with Gasteiger partial charge < -0.3 is 5.32 Å². The summed E-state index contributed by atoms with van der Waals surface area (Å²) in [6, 6.07) is 19.0. The lowest BCUT2D eigenvalue weighted by atomic mass is 10.2. The van der Waals surface area contributed by atoms with Gasteiger partial charge in [0.25, 0.3) is 5.91 Å². The minimum Gasteiger partial charge on any atom is -0.360 e. The Bertz CT molecular complexity index is 943. The summed E-state index contributed by atoms with van der Waals surface area (Å²) in [7, 11) is 0. The van der Waals surface area contributed by atoms with Gasteiger partial charge in [-0.15, -0.1) is 0 Å². The maximum absolute atomic E-state index is 12.9. The number of para-hydroxylation sites is 1. The number of hydrogen-bond acceptors (Lipinski definition) is 3. The molecule has 124 valence electrons. The van der Waals surface area contributed by atoms with Crippen molar-refractivity contribution in [3.05, 3.63) is 88.7 Å². The van der Waals surface area contributed by atoms with E-state index in [0.717, 1.165) is 16.9 Å². The monoisotopic (exact) mass is 349 g/mol. The van der Waals surface area contributed by atoms with Crippen LogP contribution in [0.5, 0.6) is 0 Å². The molecule has 4 nitrogen and oxygen atoms in total. The molecule has 3 aromatic rings. The van der Waals surface area contributed by atoms with E-state index in [4.69, 9.17) is 11.6 Å². The number of nitrogens with one attached hydrogen (secondary N) is 1. The van der Waals surface area contributed by atoms with E-state index in [0.29, 0.717) is 16.3 Å². The summed E-state index contributed by atoms with van der Waals surface area (Å²) in [5.41, 5.74) is 4.00. The highest BCUT2D eigenvalue weighted by atomic mass is 35.5. The molecule has 1 N–H and O–H groups in total. The molecule has 4 rings (SSSR count). The van der Waals surface area contributed by atoms with Crippen molar-refractivity contribution in [1.82, 2.24) is 4.98 Å². The van der Waals surface area contributed by atoms with E-state index in [2.05, 4.69) is 10.3 Å². The largest absolute Gasteiger partial charge is 0.360 e. The fourth-order valence-electron chi connectivity index (χ4n) is 3.01. The van der Waals surface area contributed by atoms with Crippen molar-refractivity contribution in [2.24, 2.45) is 0 Å². The fraction of sp³-hybridized carbons (Fsp3) is 0.100. The van der Waals surface area contributed by atoms with Gasteiger partial charge in [-0.05, 0) is 48.9 Å². The first-order valence-corrected chi connectivity index (χ1v) is 8.39. The van der Waals surface area contributed by atoms with E-state index < -0.39 is 0 Å². The highest BCUT2D eigenvalue weighted by Crippen LogP contribution is 2.37. The van der Waals surface area contributed by atoms with Crippen LogP contribution in [-0.4, -0.2) is 10.9 Å². The Morgan fingerprint density at radius 3 is 2.64 bits per heavy atom. The Kier molecular flexibility index (Phi) is 3.90. The molecule has 1 atom stereocenters. The molecule has 0 saturated carbocycles. The van der Waals surface area contributed by atoms with Crippen LogP contribution in [0.3, 0.4) is 0 Å². The fourth-order valence-corrected chi connectivity index (χ4v) is 3.19. The third-order valence-corrected chi connectivity index (χ3v) is 4.72. The van der Waals surface area contributed by atoms with Gasteiger partial charge in [-0.25, -0.2) is 0 Å². The Hall–Kier alpha value is -2.85. The predicted octanol–water partition coefficient (Wildman–Crippen LogP) is 4.81. The van der Waals surface area contributed by atoms with Crippen molar-refractivity contribution in [3.63, 3.8) is 0 Å². The van der Waals surface area contributed by atoms with E-state index >= 15 is 0 Å². The van der Waals surface area contributed by atoms with Gasteiger partial charge in [0, 0.05) is 22.6 Å². The molecule has 2 heterocycles. The molecule has 1 aliphatic heterocycles. The number of fused-ring (bicyclic) bond motifs is 1. The van der Waals surface area contributed by atoms with Gasteiger partial charge in [0.1, 0.15) is 0 Å². The highest BCUT2D eigenvalue weighted by molar-refractivity contribution is 6.31. The van der Waals surface area contributed by atoms with Crippen LogP contribution in [0.4, 0.5) is 11.4 Å². The van der Waals surface area contributed by atoms with E-state index in [-0.39, 0.29) is 12.1 Å². The van der Waals surface area contributed by atoms with Crippen LogP contribution < -0.4 is 10.2 Å². The van der Waals surface area contributed by atoms with Crippen LogP contribution in [0.2, 0.25) is 5.02 Å². The van der Waals surface area contributed by atoms with Crippen molar-refractivity contribution < 1.29 is 4.79 Å². The second-order valence-corrected chi connectivity index (χ2v) is 6.36. The number of pyridine rings is 1. The standard InChI is InChI=1S/C20H16ClN3O/c1-13-9-10-14(12-17(13)21)23-19-18-16(8-5-11-22-18)20(25)24(19)15-6-3-2-4-7-15/h2-12,19,23H,1H3/t19-/m0/s1. The third-order valence-electron chi connectivity index (χ3n) is 4.31. The number of carbonyl (C=O) groups is 1. The van der Waals surface area contributed by atoms with Gasteiger partial charge in [0.15, 0.2) is 6.17 Å². The number of halogens is 1. The van der Waals surface area contributed by atoms with Crippen LogP contribution in [0.15, 0.2) is 66.9 Å². The molecule has 0 spiro atoms. The number of aromatic nitrogens is 1. The quantitative estimate of drug-likeness (QED) is 0.737. The Morgan fingerprint density at radius 1 is 1.08 bits per heavy atom. The number of nitrogens with zero attached hydrogens (tertiary/aromatic N) is 2. The number of carbonyl (C=O) groups excluding carboxylic acids is 1. The summed E-state index contributed by atoms with van der Waals surface area (Å²) in [5.74, 6) is -0.0648. The van der Waals surface area contributed by atoms with E-state index in [1.807, 2.05) is 61.5 Å². The molecule has 0 bridgehead atoms. The lowest BCUT2D eigenvalue weighted by Gasteiger charge is -2.26. The SMILES string of the molecule is Cc1ccc(N[C@@H]2c3ncccc3C(=O)N2c2ccccc2)cc1Cl. The van der Waals surface area contributed by atoms with Gasteiger partial charge in [-0.3, -0.25) is 14.7 Å². The van der Waals surface area contributed by atoms with Crippen LogP contribution in [0.1, 0.15) is 27.8 Å². The van der Waals surface area contributed by atoms with Crippen LogP contribution in [0, 0.1) is 6.92 Å². The summed E-state index contributed by atoms with van der Waals surface area (Å²) in [6.07, 6.45) is 1.32. The van der Waals surface area contributed by atoms with Crippen molar-refractivity contribution in [2.75, 3.05) is 10.2 Å². The number of benzene rings is 2. The molecule has 0 saturated heterocycles. The molecule has 1 aromatic heterocycles. The first-order chi connectivity index (χ1) is 12.1. The molecule has 0 fully saturated rings. The lowest BCUT2D eigenvalue weighted by molar-refractivity contribution is 0.0993. The molecule has 2 aromatic carbocycles. The van der Waals surface area contributed by atoms with Crippen molar-refractivity contribution in [2.45, 2.75) is 13.1 Å². The van der Waals surface area contributed by atoms with Crippen LogP contribution >= 0.6 is 11.6 Å². The molecular weight excluding hydrogens is 334 g/mol. The highest BCUT2D eigenvalue weighted by Gasteiger charge is 2.38. The van der Waals surface area contributed by atoms with Crippen molar-refractivity contribution in [1.29, 1.82) is 0 Å². The molecule has 5 heteroatoms. The summed E-state index contributed by atoms with van der Waals surface area (Å²) in [5, 5.41) is 4.08. The molecule has 1 amide bonds. The number of amides is 1.